The van der Waals surface area contributed by atoms with E-state index in [9.17, 15) is 14.7 Å². The zero-order chi connectivity index (χ0) is 30.6. The van der Waals surface area contributed by atoms with E-state index < -0.39 is 17.7 Å². The standard InChI is InChI=1S/C33H23Cl2N3O4S2/c34-24-15-13-21(14-16-24)29(39)27-28(22-10-6-11-25(17-22)42-18-20-7-2-1-3-8-20)38(31(41)30(27)40)32-36-37-33(44-32)43-19-23-9-4-5-12-26(23)35/h1-17,28,39H,18-19H2. The fourth-order valence-electron chi connectivity index (χ4n) is 4.74. The van der Waals surface area contributed by atoms with E-state index in [0.717, 1.165) is 11.1 Å². The summed E-state index contributed by atoms with van der Waals surface area (Å²) in [7, 11) is 0. The summed E-state index contributed by atoms with van der Waals surface area (Å²) in [5, 5.41) is 21.3. The molecule has 1 amide bonds. The largest absolute Gasteiger partial charge is 0.507 e. The fraction of sp³-hybridized carbons (Fsp3) is 0.0909. The van der Waals surface area contributed by atoms with Crippen LogP contribution in [0.25, 0.3) is 5.76 Å². The van der Waals surface area contributed by atoms with Gasteiger partial charge in [0.05, 0.1) is 11.6 Å². The van der Waals surface area contributed by atoms with Crippen LogP contribution in [0.1, 0.15) is 28.3 Å². The molecule has 0 bridgehead atoms. The molecule has 1 aromatic heterocycles. The van der Waals surface area contributed by atoms with E-state index in [-0.39, 0.29) is 16.5 Å². The van der Waals surface area contributed by atoms with Gasteiger partial charge in [0.1, 0.15) is 18.1 Å². The third kappa shape index (κ3) is 6.37. The highest BCUT2D eigenvalue weighted by atomic mass is 35.5. The Kier molecular flexibility index (Phi) is 8.99. The molecule has 0 aliphatic carbocycles. The number of ketones is 1. The second-order valence-electron chi connectivity index (χ2n) is 9.75. The number of anilines is 1. The van der Waals surface area contributed by atoms with E-state index in [1.807, 2.05) is 54.6 Å². The van der Waals surface area contributed by atoms with Crippen LogP contribution < -0.4 is 9.64 Å². The third-order valence-electron chi connectivity index (χ3n) is 6.90. The van der Waals surface area contributed by atoms with Gasteiger partial charge in [0.2, 0.25) is 5.13 Å². The lowest BCUT2D eigenvalue weighted by Crippen LogP contribution is -2.29. The summed E-state index contributed by atoms with van der Waals surface area (Å²) in [6.45, 7) is 0.331. The SMILES string of the molecule is O=C1C(=O)N(c2nnc(SCc3ccccc3Cl)s2)C(c2cccc(OCc3ccccc3)c2)C1=C(O)c1ccc(Cl)cc1. The van der Waals surface area contributed by atoms with Crippen molar-refractivity contribution in [3.63, 3.8) is 0 Å². The number of aliphatic hydroxyl groups is 1. The zero-order valence-electron chi connectivity index (χ0n) is 22.9. The van der Waals surface area contributed by atoms with Crippen molar-refractivity contribution in [3.05, 3.63) is 141 Å². The normalized spacial score (nSPS) is 16.0. The second kappa shape index (κ2) is 13.2. The predicted octanol–water partition coefficient (Wildman–Crippen LogP) is 8.34. The monoisotopic (exact) mass is 659 g/mol. The Morgan fingerprint density at radius 2 is 1.66 bits per heavy atom. The molecule has 1 aliphatic rings. The molecular formula is C33H23Cl2N3O4S2. The van der Waals surface area contributed by atoms with E-state index in [1.54, 1.807) is 48.5 Å². The first kappa shape index (κ1) is 29.9. The number of carbonyl (C=O) groups is 2. The maximum Gasteiger partial charge on any atom is 0.301 e. The Morgan fingerprint density at radius 3 is 2.43 bits per heavy atom. The van der Waals surface area contributed by atoms with Crippen LogP contribution >= 0.6 is 46.3 Å². The minimum absolute atomic E-state index is 0.0713. The molecular weight excluding hydrogens is 637 g/mol. The number of thioether (sulfide) groups is 1. The van der Waals surface area contributed by atoms with Gasteiger partial charge in [-0.3, -0.25) is 14.5 Å². The van der Waals surface area contributed by atoms with Crippen LogP contribution in [0.2, 0.25) is 10.0 Å². The molecule has 1 fully saturated rings. The summed E-state index contributed by atoms with van der Waals surface area (Å²) in [6.07, 6.45) is 0. The molecule has 11 heteroatoms. The maximum absolute atomic E-state index is 13.6. The average molecular weight is 661 g/mol. The van der Waals surface area contributed by atoms with Crippen molar-refractivity contribution in [2.45, 2.75) is 22.7 Å². The van der Waals surface area contributed by atoms with Crippen LogP contribution in [0.4, 0.5) is 5.13 Å². The summed E-state index contributed by atoms with van der Waals surface area (Å²) in [5.74, 6) is -0.885. The number of carbonyl (C=O) groups excluding carboxylic acids is 2. The van der Waals surface area contributed by atoms with Gasteiger partial charge in [-0.15, -0.1) is 10.2 Å². The molecule has 4 aromatic carbocycles. The van der Waals surface area contributed by atoms with Gasteiger partial charge in [-0.25, -0.2) is 0 Å². The molecule has 0 spiro atoms. The lowest BCUT2D eigenvalue weighted by atomic mass is 9.95. The Morgan fingerprint density at radius 1 is 0.909 bits per heavy atom. The summed E-state index contributed by atoms with van der Waals surface area (Å²) in [6, 6.07) is 29.8. The molecule has 0 saturated carbocycles. The number of rotatable bonds is 9. The van der Waals surface area contributed by atoms with Crippen LogP contribution in [0, 0.1) is 0 Å². The second-order valence-corrected chi connectivity index (χ2v) is 12.8. The molecule has 44 heavy (non-hydrogen) atoms. The van der Waals surface area contributed by atoms with E-state index in [0.29, 0.717) is 43.6 Å². The summed E-state index contributed by atoms with van der Waals surface area (Å²) < 4.78 is 6.64. The Labute approximate surface area is 271 Å². The van der Waals surface area contributed by atoms with Gasteiger partial charge in [0, 0.05) is 21.4 Å². The number of hydrogen-bond acceptors (Lipinski definition) is 8. The van der Waals surface area contributed by atoms with E-state index in [2.05, 4.69) is 10.2 Å². The third-order valence-corrected chi connectivity index (χ3v) is 9.62. The van der Waals surface area contributed by atoms with Crippen molar-refractivity contribution in [2.24, 2.45) is 0 Å². The number of nitrogens with zero attached hydrogens (tertiary/aromatic N) is 3. The fourth-order valence-corrected chi connectivity index (χ4v) is 7.02. The van der Waals surface area contributed by atoms with Gasteiger partial charge in [0.15, 0.2) is 4.34 Å². The molecule has 2 heterocycles. The summed E-state index contributed by atoms with van der Waals surface area (Å²) >= 11 is 15.0. The van der Waals surface area contributed by atoms with Crippen LogP contribution in [-0.4, -0.2) is 27.0 Å². The summed E-state index contributed by atoms with van der Waals surface area (Å²) in [4.78, 5) is 28.5. The Bertz CT molecular complexity index is 1860. The molecule has 7 nitrogen and oxygen atoms in total. The number of ether oxygens (including phenoxy) is 1. The van der Waals surface area contributed by atoms with E-state index >= 15 is 0 Å². The van der Waals surface area contributed by atoms with Crippen molar-refractivity contribution in [3.8, 4) is 5.75 Å². The number of halogens is 2. The van der Waals surface area contributed by atoms with E-state index in [1.165, 1.54) is 28.0 Å². The molecule has 1 saturated heterocycles. The lowest BCUT2D eigenvalue weighted by Gasteiger charge is -2.23. The van der Waals surface area contributed by atoms with E-state index in [4.69, 9.17) is 27.9 Å². The molecule has 0 radical (unpaired) electrons. The van der Waals surface area contributed by atoms with Gasteiger partial charge in [-0.1, -0.05) is 107 Å². The highest BCUT2D eigenvalue weighted by Crippen LogP contribution is 2.44. The minimum Gasteiger partial charge on any atom is -0.507 e. The zero-order valence-corrected chi connectivity index (χ0v) is 26.0. The van der Waals surface area contributed by atoms with Gasteiger partial charge in [0.25, 0.3) is 5.78 Å². The number of Topliss-reactive ketones (excluding diaryl/α,β-unsaturated/α-hetero) is 1. The first-order valence-electron chi connectivity index (χ1n) is 13.4. The lowest BCUT2D eigenvalue weighted by molar-refractivity contribution is -0.132. The van der Waals surface area contributed by atoms with Gasteiger partial charge in [-0.2, -0.15) is 0 Å². The number of benzene rings is 4. The van der Waals surface area contributed by atoms with Crippen LogP contribution in [-0.2, 0) is 21.9 Å². The van der Waals surface area contributed by atoms with Gasteiger partial charge >= 0.3 is 5.91 Å². The van der Waals surface area contributed by atoms with Crippen molar-refractivity contribution >= 4 is 68.9 Å². The maximum atomic E-state index is 13.6. The average Bonchev–Trinajstić information content (AvgIpc) is 3.62. The quantitative estimate of drug-likeness (QED) is 0.0559. The van der Waals surface area contributed by atoms with Crippen molar-refractivity contribution in [1.29, 1.82) is 0 Å². The van der Waals surface area contributed by atoms with Gasteiger partial charge < -0.3 is 9.84 Å². The number of aromatic nitrogens is 2. The summed E-state index contributed by atoms with van der Waals surface area (Å²) in [5.41, 5.74) is 2.76. The highest BCUT2D eigenvalue weighted by molar-refractivity contribution is 8.00. The molecule has 1 atom stereocenters. The topological polar surface area (TPSA) is 92.6 Å². The van der Waals surface area contributed by atoms with Gasteiger partial charge in [-0.05, 0) is 59.2 Å². The number of hydrogen-bond donors (Lipinski definition) is 1. The molecule has 5 aromatic rings. The Hall–Kier alpha value is -4.15. The van der Waals surface area contributed by atoms with Crippen LogP contribution in [0.5, 0.6) is 5.75 Å². The van der Waals surface area contributed by atoms with Crippen molar-refractivity contribution < 1.29 is 19.4 Å². The van der Waals surface area contributed by atoms with Crippen LogP contribution in [0.15, 0.2) is 113 Å². The minimum atomic E-state index is -0.986. The molecule has 1 N–H and O–H groups in total. The number of aliphatic hydroxyl groups excluding tert-OH is 1. The Balaban J connectivity index is 1.37. The predicted molar refractivity (Wildman–Crippen MR) is 174 cm³/mol. The first-order valence-corrected chi connectivity index (χ1v) is 16.0. The smallest absolute Gasteiger partial charge is 0.301 e. The van der Waals surface area contributed by atoms with Crippen LogP contribution in [0.3, 0.4) is 0 Å². The highest BCUT2D eigenvalue weighted by Gasteiger charge is 2.48. The van der Waals surface area contributed by atoms with Crippen molar-refractivity contribution in [1.82, 2.24) is 10.2 Å². The van der Waals surface area contributed by atoms with Crippen molar-refractivity contribution in [2.75, 3.05) is 4.90 Å². The molecule has 1 unspecified atom stereocenters. The number of amides is 1. The molecule has 220 valence electrons. The first-order chi connectivity index (χ1) is 21.4. The molecule has 6 rings (SSSR count). The molecule has 1 aliphatic heterocycles.